The van der Waals surface area contributed by atoms with Crippen LogP contribution >= 0.6 is 11.3 Å². The van der Waals surface area contributed by atoms with Crippen LogP contribution < -0.4 is 5.32 Å². The molecular formula is C18H29NS. The second-order valence-electron chi connectivity index (χ2n) is 6.86. The van der Waals surface area contributed by atoms with Gasteiger partial charge in [-0.15, -0.1) is 11.3 Å². The normalized spacial score (nSPS) is 28.6. The monoisotopic (exact) mass is 291 g/mol. The minimum absolute atomic E-state index is 0.786. The fraction of sp³-hybridized carbons (Fsp3) is 0.778. The number of nitrogens with one attached hydrogen (secondary N) is 1. The molecule has 0 spiro atoms. The fourth-order valence-electron chi connectivity index (χ4n) is 4.35. The molecule has 2 fully saturated rings. The van der Waals surface area contributed by atoms with E-state index in [1.54, 1.807) is 0 Å². The maximum Gasteiger partial charge on any atom is 0.0305 e. The van der Waals surface area contributed by atoms with Crippen LogP contribution in [0, 0.1) is 18.8 Å². The van der Waals surface area contributed by atoms with Crippen molar-refractivity contribution in [3.63, 3.8) is 0 Å². The van der Waals surface area contributed by atoms with Crippen LogP contribution in [0.15, 0.2) is 11.4 Å². The van der Waals surface area contributed by atoms with Gasteiger partial charge in [0.05, 0.1) is 0 Å². The Kier molecular flexibility index (Phi) is 5.17. The van der Waals surface area contributed by atoms with Crippen LogP contribution in [0.2, 0.25) is 0 Å². The molecule has 2 atom stereocenters. The van der Waals surface area contributed by atoms with Gasteiger partial charge >= 0.3 is 0 Å². The van der Waals surface area contributed by atoms with Crippen LogP contribution in [0.5, 0.6) is 0 Å². The van der Waals surface area contributed by atoms with Gasteiger partial charge in [0.25, 0.3) is 0 Å². The van der Waals surface area contributed by atoms with Gasteiger partial charge in [-0.05, 0) is 48.6 Å². The van der Waals surface area contributed by atoms with E-state index >= 15 is 0 Å². The molecule has 2 unspecified atom stereocenters. The Bertz CT molecular complexity index is 405. The zero-order valence-corrected chi connectivity index (χ0v) is 13.7. The van der Waals surface area contributed by atoms with Crippen molar-refractivity contribution in [2.45, 2.75) is 77.3 Å². The molecular weight excluding hydrogens is 262 g/mol. The van der Waals surface area contributed by atoms with Crippen molar-refractivity contribution in [1.29, 1.82) is 0 Å². The first-order valence-electron chi connectivity index (χ1n) is 8.61. The molecule has 0 amide bonds. The Morgan fingerprint density at radius 3 is 2.55 bits per heavy atom. The van der Waals surface area contributed by atoms with Gasteiger partial charge in [-0.2, -0.15) is 0 Å². The topological polar surface area (TPSA) is 12.0 Å². The predicted octanol–water partition coefficient (Wildman–Crippen LogP) is 5.29. The summed E-state index contributed by atoms with van der Waals surface area (Å²) in [7, 11) is 0. The van der Waals surface area contributed by atoms with Gasteiger partial charge in [-0.25, -0.2) is 0 Å². The summed E-state index contributed by atoms with van der Waals surface area (Å²) in [4.78, 5) is 1.54. The third kappa shape index (κ3) is 3.46. The highest BCUT2D eigenvalue weighted by molar-refractivity contribution is 7.10. The lowest BCUT2D eigenvalue weighted by Gasteiger charge is -2.39. The van der Waals surface area contributed by atoms with Gasteiger partial charge in [0, 0.05) is 17.5 Å². The van der Waals surface area contributed by atoms with Crippen molar-refractivity contribution in [2.24, 2.45) is 11.8 Å². The molecule has 112 valence electrons. The Labute approximate surface area is 128 Å². The van der Waals surface area contributed by atoms with Gasteiger partial charge in [0.2, 0.25) is 0 Å². The summed E-state index contributed by atoms with van der Waals surface area (Å²) in [5, 5.41) is 6.15. The summed E-state index contributed by atoms with van der Waals surface area (Å²) in [5.41, 5.74) is 1.47. The maximum absolute atomic E-state index is 3.92. The number of rotatable bonds is 4. The van der Waals surface area contributed by atoms with Crippen molar-refractivity contribution in [3.8, 4) is 0 Å². The van der Waals surface area contributed by atoms with Crippen LogP contribution in [0.25, 0.3) is 0 Å². The maximum atomic E-state index is 3.92. The van der Waals surface area contributed by atoms with E-state index in [9.17, 15) is 0 Å². The molecule has 0 aliphatic heterocycles. The summed E-state index contributed by atoms with van der Waals surface area (Å²) in [6.45, 7) is 3.34. The molecule has 0 aromatic carbocycles. The van der Waals surface area contributed by atoms with E-state index in [0.717, 1.165) is 24.4 Å². The SMILES string of the molecule is Cc1ccsc1CNC1CCCCC1C1CCCCC1. The quantitative estimate of drug-likeness (QED) is 0.795. The lowest BCUT2D eigenvalue weighted by atomic mass is 9.71. The van der Waals surface area contributed by atoms with Gasteiger partial charge < -0.3 is 5.32 Å². The molecule has 1 heterocycles. The molecule has 1 nitrogen and oxygen atoms in total. The molecule has 0 radical (unpaired) electrons. The van der Waals surface area contributed by atoms with Crippen molar-refractivity contribution >= 4 is 11.3 Å². The average molecular weight is 292 g/mol. The van der Waals surface area contributed by atoms with Crippen LogP contribution in [0.1, 0.15) is 68.2 Å². The van der Waals surface area contributed by atoms with E-state index in [2.05, 4.69) is 23.7 Å². The molecule has 1 aromatic rings. The van der Waals surface area contributed by atoms with E-state index in [-0.39, 0.29) is 0 Å². The third-order valence-electron chi connectivity index (χ3n) is 5.57. The minimum atomic E-state index is 0.786. The van der Waals surface area contributed by atoms with E-state index < -0.39 is 0 Å². The summed E-state index contributed by atoms with van der Waals surface area (Å²) < 4.78 is 0. The number of aryl methyl sites for hydroxylation is 1. The highest BCUT2D eigenvalue weighted by Gasteiger charge is 2.32. The van der Waals surface area contributed by atoms with Gasteiger partial charge in [0.1, 0.15) is 0 Å². The highest BCUT2D eigenvalue weighted by atomic mass is 32.1. The molecule has 1 aromatic heterocycles. The average Bonchev–Trinajstić information content (AvgIpc) is 2.92. The van der Waals surface area contributed by atoms with Crippen molar-refractivity contribution in [2.75, 3.05) is 0 Å². The van der Waals surface area contributed by atoms with E-state index in [1.165, 1.54) is 68.2 Å². The minimum Gasteiger partial charge on any atom is -0.309 e. The van der Waals surface area contributed by atoms with Crippen molar-refractivity contribution in [1.82, 2.24) is 5.32 Å². The van der Waals surface area contributed by atoms with Crippen LogP contribution in [-0.2, 0) is 6.54 Å². The standard InChI is InChI=1S/C18H29NS/c1-14-11-12-20-18(14)13-19-17-10-6-5-9-16(17)15-7-3-2-4-8-15/h11-12,15-17,19H,2-10,13H2,1H3. The molecule has 1 N–H and O–H groups in total. The van der Waals surface area contributed by atoms with Crippen LogP contribution in [0.3, 0.4) is 0 Å². The summed E-state index contributed by atoms with van der Waals surface area (Å²) in [6, 6.07) is 3.04. The summed E-state index contributed by atoms with van der Waals surface area (Å²) in [5.74, 6) is 1.98. The molecule has 3 rings (SSSR count). The first-order valence-corrected chi connectivity index (χ1v) is 9.49. The Hall–Kier alpha value is -0.340. The second kappa shape index (κ2) is 7.09. The molecule has 0 bridgehead atoms. The van der Waals surface area contributed by atoms with Crippen LogP contribution in [-0.4, -0.2) is 6.04 Å². The Morgan fingerprint density at radius 1 is 1.05 bits per heavy atom. The molecule has 2 heteroatoms. The largest absolute Gasteiger partial charge is 0.309 e. The summed E-state index contributed by atoms with van der Waals surface area (Å²) in [6.07, 6.45) is 13.2. The number of thiophene rings is 1. The Morgan fingerprint density at radius 2 is 1.80 bits per heavy atom. The zero-order chi connectivity index (χ0) is 13.8. The number of hydrogen-bond donors (Lipinski definition) is 1. The second-order valence-corrected chi connectivity index (χ2v) is 7.86. The molecule has 0 saturated heterocycles. The fourth-order valence-corrected chi connectivity index (χ4v) is 5.21. The number of hydrogen-bond acceptors (Lipinski definition) is 2. The molecule has 2 aliphatic rings. The van der Waals surface area contributed by atoms with Crippen molar-refractivity contribution in [3.05, 3.63) is 21.9 Å². The third-order valence-corrected chi connectivity index (χ3v) is 6.59. The lowest BCUT2D eigenvalue weighted by Crippen LogP contribution is -2.42. The van der Waals surface area contributed by atoms with Gasteiger partial charge in [-0.3, -0.25) is 0 Å². The summed E-state index contributed by atoms with van der Waals surface area (Å²) >= 11 is 1.91. The van der Waals surface area contributed by atoms with E-state index in [4.69, 9.17) is 0 Å². The molecule has 2 aliphatic carbocycles. The Balaban J connectivity index is 1.58. The molecule has 20 heavy (non-hydrogen) atoms. The van der Waals surface area contributed by atoms with Gasteiger partial charge in [-0.1, -0.05) is 44.9 Å². The zero-order valence-electron chi connectivity index (χ0n) is 12.9. The van der Waals surface area contributed by atoms with Crippen LogP contribution in [0.4, 0.5) is 0 Å². The smallest absolute Gasteiger partial charge is 0.0305 e. The highest BCUT2D eigenvalue weighted by Crippen LogP contribution is 2.38. The first-order chi connectivity index (χ1) is 9.84. The van der Waals surface area contributed by atoms with Crippen molar-refractivity contribution < 1.29 is 0 Å². The molecule has 2 saturated carbocycles. The van der Waals surface area contributed by atoms with E-state index in [1.807, 2.05) is 11.3 Å². The van der Waals surface area contributed by atoms with Gasteiger partial charge in [0.15, 0.2) is 0 Å². The first kappa shape index (κ1) is 14.6. The lowest BCUT2D eigenvalue weighted by molar-refractivity contribution is 0.149. The van der Waals surface area contributed by atoms with E-state index in [0.29, 0.717) is 0 Å². The predicted molar refractivity (Wildman–Crippen MR) is 88.2 cm³/mol.